The van der Waals surface area contributed by atoms with Crippen molar-refractivity contribution in [3.05, 3.63) is 37.0 Å². The fraction of sp³-hybridized carbons (Fsp3) is 0.571. The number of hydrogen-bond donors (Lipinski definition) is 0. The maximum absolute atomic E-state index is 4.04. The van der Waals surface area contributed by atoms with Crippen molar-refractivity contribution in [1.82, 2.24) is 4.57 Å². The second kappa shape index (κ2) is 4.01. The van der Waals surface area contributed by atoms with Crippen molar-refractivity contribution in [3.8, 4) is 0 Å². The van der Waals surface area contributed by atoms with Gasteiger partial charge in [-0.05, 0) is 18.5 Å². The van der Waals surface area contributed by atoms with Gasteiger partial charge in [0.15, 0.2) is 0 Å². The highest BCUT2D eigenvalue weighted by molar-refractivity contribution is 6.78. The molecule has 1 aliphatic carbocycles. The van der Waals surface area contributed by atoms with E-state index in [9.17, 15) is 0 Å². The van der Waals surface area contributed by atoms with Gasteiger partial charge in [-0.15, -0.1) is 6.58 Å². The Morgan fingerprint density at radius 3 is 2.69 bits per heavy atom. The second-order valence-electron chi connectivity index (χ2n) is 5.86. The molecule has 0 radical (unpaired) electrons. The molecule has 0 spiro atoms. The fourth-order valence-corrected chi connectivity index (χ4v) is 5.05. The van der Waals surface area contributed by atoms with E-state index in [1.165, 1.54) is 13.1 Å². The fourth-order valence-electron chi connectivity index (χ4n) is 2.63. The van der Waals surface area contributed by atoms with Gasteiger partial charge in [-0.2, -0.15) is 0 Å². The Bertz CT molecular complexity index is 343. The van der Waals surface area contributed by atoms with Gasteiger partial charge in [-0.25, -0.2) is 0 Å². The number of hydrogen-bond acceptors (Lipinski definition) is 1. The molecule has 1 saturated heterocycles. The van der Waals surface area contributed by atoms with Gasteiger partial charge in [0.05, 0.1) is 0 Å². The molecular formula is C14H23NSi. The zero-order chi connectivity index (χ0) is 11.8. The molecule has 0 saturated carbocycles. The van der Waals surface area contributed by atoms with Crippen LogP contribution in [0.5, 0.6) is 0 Å². The highest BCUT2D eigenvalue weighted by Crippen LogP contribution is 2.41. The van der Waals surface area contributed by atoms with Crippen LogP contribution in [0.4, 0.5) is 0 Å². The highest BCUT2D eigenvalue weighted by atomic mass is 28.3. The molecule has 1 nitrogen and oxygen atoms in total. The van der Waals surface area contributed by atoms with Crippen LogP contribution in [-0.4, -0.2) is 25.9 Å². The monoisotopic (exact) mass is 233 g/mol. The summed E-state index contributed by atoms with van der Waals surface area (Å²) in [7, 11) is -1.10. The molecule has 0 amide bonds. The molecule has 1 heterocycles. The average Bonchev–Trinajstić information content (AvgIpc) is 2.30. The molecule has 0 aromatic rings. The van der Waals surface area contributed by atoms with E-state index < -0.39 is 8.24 Å². The van der Waals surface area contributed by atoms with Crippen LogP contribution in [0.3, 0.4) is 0 Å². The lowest BCUT2D eigenvalue weighted by Gasteiger charge is -2.55. The Labute approximate surface area is 101 Å². The van der Waals surface area contributed by atoms with Gasteiger partial charge in [0.1, 0.15) is 8.24 Å². The van der Waals surface area contributed by atoms with Gasteiger partial charge in [0.2, 0.25) is 0 Å². The Hall–Kier alpha value is -0.603. The Kier molecular flexibility index (Phi) is 2.97. The van der Waals surface area contributed by atoms with Gasteiger partial charge < -0.3 is 4.57 Å². The molecule has 88 valence electrons. The van der Waals surface area contributed by atoms with Crippen molar-refractivity contribution in [3.63, 3.8) is 0 Å². The first-order chi connectivity index (χ1) is 7.50. The first-order valence-corrected chi connectivity index (χ1v) is 9.26. The molecule has 16 heavy (non-hydrogen) atoms. The lowest BCUT2D eigenvalue weighted by Crippen LogP contribution is -2.66. The maximum atomic E-state index is 4.04. The van der Waals surface area contributed by atoms with Crippen LogP contribution in [0.15, 0.2) is 37.0 Å². The van der Waals surface area contributed by atoms with Crippen molar-refractivity contribution >= 4 is 8.24 Å². The van der Waals surface area contributed by atoms with Crippen LogP contribution >= 0.6 is 0 Å². The molecular weight excluding hydrogens is 210 g/mol. The molecule has 2 rings (SSSR count). The summed E-state index contributed by atoms with van der Waals surface area (Å²) in [5, 5.41) is 0. The zero-order valence-electron chi connectivity index (χ0n) is 10.7. The Morgan fingerprint density at radius 2 is 2.25 bits per heavy atom. The van der Waals surface area contributed by atoms with Crippen LogP contribution in [0, 0.1) is 5.41 Å². The first kappa shape index (κ1) is 11.9. The van der Waals surface area contributed by atoms with Crippen molar-refractivity contribution in [2.24, 2.45) is 5.41 Å². The SMILES string of the molecule is C=CC1(CN2CC(C)[Si]2(C)C)C=CC=CC1. The van der Waals surface area contributed by atoms with Crippen LogP contribution in [0.2, 0.25) is 18.6 Å². The highest BCUT2D eigenvalue weighted by Gasteiger charge is 2.47. The van der Waals surface area contributed by atoms with E-state index in [1.807, 2.05) is 0 Å². The summed E-state index contributed by atoms with van der Waals surface area (Å²) in [5.41, 5.74) is 1.14. The summed E-state index contributed by atoms with van der Waals surface area (Å²) in [6.07, 6.45) is 12.2. The molecule has 2 atom stereocenters. The van der Waals surface area contributed by atoms with Crippen molar-refractivity contribution in [2.75, 3.05) is 13.1 Å². The zero-order valence-corrected chi connectivity index (χ0v) is 11.7. The normalized spacial score (nSPS) is 37.1. The van der Waals surface area contributed by atoms with E-state index in [4.69, 9.17) is 0 Å². The summed E-state index contributed by atoms with van der Waals surface area (Å²) in [4.78, 5) is 0. The predicted octanol–water partition coefficient (Wildman–Crippen LogP) is 3.59. The summed E-state index contributed by atoms with van der Waals surface area (Å²) in [5.74, 6) is 0. The summed E-state index contributed by atoms with van der Waals surface area (Å²) < 4.78 is 2.73. The lowest BCUT2D eigenvalue weighted by molar-refractivity contribution is 0.267. The van der Waals surface area contributed by atoms with E-state index in [2.05, 4.69) is 61.5 Å². The molecule has 0 bridgehead atoms. The van der Waals surface area contributed by atoms with E-state index in [0.717, 1.165) is 12.0 Å². The summed E-state index contributed by atoms with van der Waals surface area (Å²) in [6.45, 7) is 13.9. The van der Waals surface area contributed by atoms with Crippen LogP contribution in [0.1, 0.15) is 13.3 Å². The topological polar surface area (TPSA) is 3.24 Å². The second-order valence-corrected chi connectivity index (χ2v) is 10.8. The minimum atomic E-state index is -1.10. The average molecular weight is 233 g/mol. The minimum Gasteiger partial charge on any atom is -0.322 e. The third-order valence-electron chi connectivity index (χ3n) is 4.58. The molecule has 2 unspecified atom stereocenters. The van der Waals surface area contributed by atoms with Crippen LogP contribution in [-0.2, 0) is 0 Å². The molecule has 1 aliphatic heterocycles. The molecule has 2 heteroatoms. The van der Waals surface area contributed by atoms with Crippen molar-refractivity contribution in [2.45, 2.75) is 32.0 Å². The third-order valence-corrected chi connectivity index (χ3v) is 9.15. The van der Waals surface area contributed by atoms with Gasteiger partial charge in [0.25, 0.3) is 0 Å². The molecule has 2 aliphatic rings. The number of nitrogens with zero attached hydrogens (tertiary/aromatic N) is 1. The number of allylic oxidation sites excluding steroid dienone is 3. The van der Waals surface area contributed by atoms with Crippen LogP contribution in [0.25, 0.3) is 0 Å². The van der Waals surface area contributed by atoms with E-state index >= 15 is 0 Å². The van der Waals surface area contributed by atoms with Gasteiger partial charge >= 0.3 is 0 Å². The molecule has 0 N–H and O–H groups in total. The number of rotatable bonds is 3. The van der Waals surface area contributed by atoms with Gasteiger partial charge in [-0.1, -0.05) is 50.4 Å². The van der Waals surface area contributed by atoms with E-state index in [-0.39, 0.29) is 5.41 Å². The Balaban J connectivity index is 2.07. The van der Waals surface area contributed by atoms with E-state index in [0.29, 0.717) is 0 Å². The first-order valence-electron chi connectivity index (χ1n) is 6.23. The lowest BCUT2D eigenvalue weighted by atomic mass is 9.81. The Morgan fingerprint density at radius 1 is 1.50 bits per heavy atom. The maximum Gasteiger partial charge on any atom is 0.126 e. The van der Waals surface area contributed by atoms with Gasteiger partial charge in [-0.3, -0.25) is 0 Å². The molecule has 0 aromatic carbocycles. The van der Waals surface area contributed by atoms with Crippen LogP contribution < -0.4 is 0 Å². The minimum absolute atomic E-state index is 0.194. The third kappa shape index (κ3) is 1.85. The standard InChI is InChI=1S/C14H23NSi/c1-5-14(9-7-6-8-10-14)12-15-11-13(2)16(15,3)4/h5-9,13H,1,10-12H2,2-4H3. The largest absolute Gasteiger partial charge is 0.322 e. The predicted molar refractivity (Wildman–Crippen MR) is 74.0 cm³/mol. The van der Waals surface area contributed by atoms with Crippen molar-refractivity contribution in [1.29, 1.82) is 0 Å². The summed E-state index contributed by atoms with van der Waals surface area (Å²) >= 11 is 0. The smallest absolute Gasteiger partial charge is 0.126 e. The van der Waals surface area contributed by atoms with Gasteiger partial charge in [0, 0.05) is 12.0 Å². The molecule has 0 aromatic heterocycles. The summed E-state index contributed by atoms with van der Waals surface area (Å²) in [6, 6.07) is 0. The van der Waals surface area contributed by atoms with E-state index in [1.54, 1.807) is 0 Å². The quantitative estimate of drug-likeness (QED) is 0.532. The molecule has 1 fully saturated rings. The van der Waals surface area contributed by atoms with Crippen molar-refractivity contribution < 1.29 is 0 Å².